The van der Waals surface area contributed by atoms with Gasteiger partial charge in [0.05, 0.1) is 35.7 Å². The van der Waals surface area contributed by atoms with E-state index in [2.05, 4.69) is 10.6 Å². The summed E-state index contributed by atoms with van der Waals surface area (Å²) in [5.74, 6) is 0.0467. The van der Waals surface area contributed by atoms with Crippen molar-refractivity contribution in [3.05, 3.63) is 76.8 Å². The van der Waals surface area contributed by atoms with E-state index in [1.165, 1.54) is 26.0 Å². The van der Waals surface area contributed by atoms with Crippen LogP contribution in [0.3, 0.4) is 0 Å². The number of anilines is 2. The fraction of sp³-hybridized carbons (Fsp3) is 0.231. The van der Waals surface area contributed by atoms with Gasteiger partial charge in [0.1, 0.15) is 0 Å². The van der Waals surface area contributed by atoms with E-state index in [1.807, 2.05) is 0 Å². The Morgan fingerprint density at radius 3 is 2.35 bits per heavy atom. The molecule has 1 unspecified atom stereocenters. The maximum Gasteiger partial charge on any atom is 0.416 e. The van der Waals surface area contributed by atoms with E-state index < -0.39 is 22.9 Å². The van der Waals surface area contributed by atoms with E-state index >= 15 is 0 Å². The first-order valence-electron chi connectivity index (χ1n) is 11.0. The largest absolute Gasteiger partial charge is 0.493 e. The van der Waals surface area contributed by atoms with Gasteiger partial charge in [-0.2, -0.15) is 13.2 Å². The van der Waals surface area contributed by atoms with Crippen LogP contribution < -0.4 is 20.1 Å². The molecule has 2 N–H and O–H groups in total. The van der Waals surface area contributed by atoms with Gasteiger partial charge in [0.2, 0.25) is 5.91 Å². The number of halogens is 4. The number of benzene rings is 3. The van der Waals surface area contributed by atoms with Crippen LogP contribution in [0.25, 0.3) is 0 Å². The molecule has 0 aliphatic carbocycles. The Labute approximate surface area is 221 Å². The van der Waals surface area contributed by atoms with Gasteiger partial charge in [0, 0.05) is 16.1 Å². The van der Waals surface area contributed by atoms with E-state index in [9.17, 15) is 22.8 Å². The summed E-state index contributed by atoms with van der Waals surface area (Å²) in [5.41, 5.74) is -0.164. The molecule has 0 heterocycles. The Bertz CT molecular complexity index is 1290. The van der Waals surface area contributed by atoms with Crippen LogP contribution in [0.2, 0.25) is 5.02 Å². The zero-order valence-electron chi connectivity index (χ0n) is 20.1. The van der Waals surface area contributed by atoms with Crippen LogP contribution in [0.5, 0.6) is 11.5 Å². The molecule has 0 aliphatic rings. The predicted octanol–water partition coefficient (Wildman–Crippen LogP) is 7.14. The van der Waals surface area contributed by atoms with Crippen molar-refractivity contribution < 1.29 is 32.2 Å². The molecular weight excluding hydrogens is 529 g/mol. The van der Waals surface area contributed by atoms with Crippen LogP contribution in [0.15, 0.2) is 65.6 Å². The molecule has 3 aromatic rings. The third-order valence-electron chi connectivity index (χ3n) is 5.23. The molecule has 37 heavy (non-hydrogen) atoms. The van der Waals surface area contributed by atoms with Crippen LogP contribution in [-0.2, 0) is 11.0 Å². The van der Waals surface area contributed by atoms with E-state index in [4.69, 9.17) is 21.1 Å². The second-order valence-corrected chi connectivity index (χ2v) is 9.43. The number of nitrogens with one attached hydrogen (secondary N) is 2. The van der Waals surface area contributed by atoms with Gasteiger partial charge in [-0.3, -0.25) is 9.59 Å². The number of hydrogen-bond acceptors (Lipinski definition) is 5. The molecule has 11 heteroatoms. The highest BCUT2D eigenvalue weighted by Crippen LogP contribution is 2.35. The molecular formula is C26H24ClF3N2O4S. The number of rotatable bonds is 9. The molecule has 0 aromatic heterocycles. The van der Waals surface area contributed by atoms with Crippen LogP contribution >= 0.6 is 23.4 Å². The normalized spacial score (nSPS) is 12.0. The lowest BCUT2D eigenvalue weighted by atomic mass is 10.2. The Hall–Kier alpha value is -3.37. The summed E-state index contributed by atoms with van der Waals surface area (Å²) < 4.78 is 49.6. The highest BCUT2D eigenvalue weighted by molar-refractivity contribution is 8.00. The summed E-state index contributed by atoms with van der Waals surface area (Å²) in [7, 11) is 2.97. The lowest BCUT2D eigenvalue weighted by Gasteiger charge is -2.17. The molecule has 0 spiro atoms. The Morgan fingerprint density at radius 2 is 1.70 bits per heavy atom. The van der Waals surface area contributed by atoms with E-state index in [0.29, 0.717) is 34.1 Å². The van der Waals surface area contributed by atoms with E-state index in [0.717, 1.165) is 18.2 Å². The standard InChI is InChI=1S/C26H24ClF3N2O4S/c1-4-23(25(34)32-20-13-16(26(28,29)30)9-10-19(20)27)37-18-7-5-6-17(14-18)31-24(33)15-8-11-21(35-2)22(12-15)36-3/h5-14,23H,4H2,1-3H3,(H,31,33)(H,32,34). The van der Waals surface area contributed by atoms with Gasteiger partial charge in [0.25, 0.3) is 5.91 Å². The number of carbonyl (C=O) groups is 2. The molecule has 0 aliphatic heterocycles. The molecule has 0 saturated carbocycles. The summed E-state index contributed by atoms with van der Waals surface area (Å²) in [6.45, 7) is 1.79. The van der Waals surface area contributed by atoms with Crippen molar-refractivity contribution >= 4 is 46.6 Å². The number of amides is 2. The number of alkyl halides is 3. The summed E-state index contributed by atoms with van der Waals surface area (Å²) >= 11 is 7.22. The van der Waals surface area contributed by atoms with Crippen molar-refractivity contribution in [2.75, 3.05) is 24.9 Å². The minimum atomic E-state index is -4.56. The summed E-state index contributed by atoms with van der Waals surface area (Å²) in [4.78, 5) is 26.3. The monoisotopic (exact) mass is 552 g/mol. The summed E-state index contributed by atoms with van der Waals surface area (Å²) in [5, 5.41) is 4.68. The average molecular weight is 553 g/mol. The molecule has 0 saturated heterocycles. The molecule has 3 rings (SSSR count). The lowest BCUT2D eigenvalue weighted by Crippen LogP contribution is -2.25. The molecule has 3 aromatic carbocycles. The first-order chi connectivity index (χ1) is 17.5. The van der Waals surface area contributed by atoms with Crippen molar-refractivity contribution in [2.45, 2.75) is 29.7 Å². The molecule has 196 valence electrons. The van der Waals surface area contributed by atoms with Crippen molar-refractivity contribution in [3.8, 4) is 11.5 Å². The molecule has 2 amide bonds. The fourth-order valence-corrected chi connectivity index (χ4v) is 4.50. The van der Waals surface area contributed by atoms with Crippen LogP contribution in [0, 0.1) is 0 Å². The minimum absolute atomic E-state index is 0.000996. The van der Waals surface area contributed by atoms with Crippen molar-refractivity contribution in [2.24, 2.45) is 0 Å². The molecule has 0 fully saturated rings. The molecule has 6 nitrogen and oxygen atoms in total. The number of methoxy groups -OCH3 is 2. The number of thioether (sulfide) groups is 1. The SMILES string of the molecule is CCC(Sc1cccc(NC(=O)c2ccc(OC)c(OC)c2)c1)C(=O)Nc1cc(C(F)(F)F)ccc1Cl. The van der Waals surface area contributed by atoms with Gasteiger partial charge in [-0.25, -0.2) is 0 Å². The maximum atomic E-state index is 13.1. The van der Waals surface area contributed by atoms with Crippen LogP contribution in [0.4, 0.5) is 24.5 Å². The number of carbonyl (C=O) groups excluding carboxylic acids is 2. The highest BCUT2D eigenvalue weighted by atomic mass is 35.5. The Kier molecular flexibility index (Phi) is 9.34. The average Bonchev–Trinajstić information content (AvgIpc) is 2.87. The number of hydrogen-bond donors (Lipinski definition) is 2. The second-order valence-electron chi connectivity index (χ2n) is 7.75. The molecule has 0 radical (unpaired) electrons. The quantitative estimate of drug-likeness (QED) is 0.276. The Morgan fingerprint density at radius 1 is 0.973 bits per heavy atom. The second kappa shape index (κ2) is 12.2. The fourth-order valence-electron chi connectivity index (χ4n) is 3.33. The van der Waals surface area contributed by atoms with E-state index in [1.54, 1.807) is 49.4 Å². The van der Waals surface area contributed by atoms with Gasteiger partial charge < -0.3 is 20.1 Å². The smallest absolute Gasteiger partial charge is 0.416 e. The third-order valence-corrected chi connectivity index (χ3v) is 6.92. The van der Waals surface area contributed by atoms with Crippen LogP contribution in [0.1, 0.15) is 29.3 Å². The highest BCUT2D eigenvalue weighted by Gasteiger charge is 2.31. The van der Waals surface area contributed by atoms with Gasteiger partial charge >= 0.3 is 6.18 Å². The lowest BCUT2D eigenvalue weighted by molar-refractivity contribution is -0.137. The van der Waals surface area contributed by atoms with Gasteiger partial charge in [-0.05, 0) is 61.0 Å². The first-order valence-corrected chi connectivity index (χ1v) is 12.3. The summed E-state index contributed by atoms with van der Waals surface area (Å²) in [6.07, 6.45) is -4.17. The van der Waals surface area contributed by atoms with Gasteiger partial charge in [-0.15, -0.1) is 11.8 Å². The van der Waals surface area contributed by atoms with Gasteiger partial charge in [0.15, 0.2) is 11.5 Å². The summed E-state index contributed by atoms with van der Waals surface area (Å²) in [6, 6.07) is 14.4. The Balaban J connectivity index is 1.71. The first kappa shape index (κ1) is 28.2. The van der Waals surface area contributed by atoms with Gasteiger partial charge in [-0.1, -0.05) is 24.6 Å². The predicted molar refractivity (Wildman–Crippen MR) is 139 cm³/mol. The zero-order chi connectivity index (χ0) is 27.2. The molecule has 1 atom stereocenters. The molecule has 0 bridgehead atoms. The third kappa shape index (κ3) is 7.33. The minimum Gasteiger partial charge on any atom is -0.493 e. The van der Waals surface area contributed by atoms with Crippen molar-refractivity contribution in [1.82, 2.24) is 0 Å². The topological polar surface area (TPSA) is 76.7 Å². The van der Waals surface area contributed by atoms with Crippen LogP contribution in [-0.4, -0.2) is 31.3 Å². The number of ether oxygens (including phenoxy) is 2. The van der Waals surface area contributed by atoms with E-state index in [-0.39, 0.29) is 16.6 Å². The zero-order valence-corrected chi connectivity index (χ0v) is 21.7. The maximum absolute atomic E-state index is 13.1. The van der Waals surface area contributed by atoms with Crippen molar-refractivity contribution in [3.63, 3.8) is 0 Å². The van der Waals surface area contributed by atoms with Crippen molar-refractivity contribution in [1.29, 1.82) is 0 Å².